The highest BCUT2D eigenvalue weighted by atomic mass is 35.5. The molecule has 0 saturated carbocycles. The summed E-state index contributed by atoms with van der Waals surface area (Å²) >= 11 is 6.15. The maximum absolute atomic E-state index is 14.7. The van der Waals surface area contributed by atoms with Gasteiger partial charge in [-0.2, -0.15) is 4.31 Å². The fourth-order valence-corrected chi connectivity index (χ4v) is 5.20. The zero-order chi connectivity index (χ0) is 19.6. The first-order valence-corrected chi connectivity index (χ1v) is 10.7. The van der Waals surface area contributed by atoms with Crippen molar-refractivity contribution in [2.45, 2.75) is 26.3 Å². The van der Waals surface area contributed by atoms with Crippen molar-refractivity contribution in [1.29, 1.82) is 0 Å². The van der Waals surface area contributed by atoms with Crippen LogP contribution in [0.15, 0.2) is 36.4 Å². The standard InChI is InChI=1S/C19H25ClFN3O2S/c1-14-5-7-19(17(21)11-14)24-18-8-6-16(20)12-15(18)13-23(27(24,25)26)10-4-3-9-22-2/h5-8,11-12,22,25-26H,3-4,9-10,13H2,1-2H3. The molecule has 0 radical (unpaired) electrons. The average molecular weight is 414 g/mol. The number of rotatable bonds is 6. The third-order valence-corrected chi connectivity index (χ3v) is 6.73. The van der Waals surface area contributed by atoms with Gasteiger partial charge in [-0.15, -0.1) is 0 Å². The third kappa shape index (κ3) is 4.23. The molecule has 8 heteroatoms. The highest BCUT2D eigenvalue weighted by Gasteiger charge is 2.39. The first-order chi connectivity index (χ1) is 12.8. The van der Waals surface area contributed by atoms with Crippen LogP contribution >= 0.6 is 22.6 Å². The summed E-state index contributed by atoms with van der Waals surface area (Å²) in [5.41, 5.74) is 2.31. The molecule has 0 spiro atoms. The summed E-state index contributed by atoms with van der Waals surface area (Å²) in [6.45, 7) is 3.48. The summed E-state index contributed by atoms with van der Waals surface area (Å²) in [5, 5.41) is 3.64. The van der Waals surface area contributed by atoms with Gasteiger partial charge in [0, 0.05) is 18.1 Å². The minimum atomic E-state index is -3.40. The van der Waals surface area contributed by atoms with Gasteiger partial charge in [0.15, 0.2) is 0 Å². The van der Waals surface area contributed by atoms with Crippen molar-refractivity contribution in [3.63, 3.8) is 0 Å². The van der Waals surface area contributed by atoms with Gasteiger partial charge in [-0.3, -0.25) is 9.11 Å². The number of hydrogen-bond donors (Lipinski definition) is 3. The number of nitrogens with one attached hydrogen (secondary N) is 1. The van der Waals surface area contributed by atoms with Crippen LogP contribution in [0.4, 0.5) is 15.8 Å². The molecule has 1 aliphatic heterocycles. The monoisotopic (exact) mass is 413 g/mol. The van der Waals surface area contributed by atoms with Gasteiger partial charge in [0.1, 0.15) is 5.82 Å². The van der Waals surface area contributed by atoms with Crippen molar-refractivity contribution < 1.29 is 13.5 Å². The molecule has 0 unspecified atom stereocenters. The Hall–Kier alpha value is -1.35. The second kappa shape index (κ2) is 8.34. The number of anilines is 2. The molecule has 0 aliphatic carbocycles. The summed E-state index contributed by atoms with van der Waals surface area (Å²) in [6, 6.07) is 9.93. The van der Waals surface area contributed by atoms with Gasteiger partial charge < -0.3 is 5.32 Å². The summed E-state index contributed by atoms with van der Waals surface area (Å²) in [4.78, 5) is 0. The van der Waals surface area contributed by atoms with Crippen LogP contribution in [-0.2, 0) is 6.54 Å². The van der Waals surface area contributed by atoms with Gasteiger partial charge in [-0.05, 0) is 85.8 Å². The van der Waals surface area contributed by atoms with E-state index in [-0.39, 0.29) is 5.69 Å². The molecule has 27 heavy (non-hydrogen) atoms. The second-order valence-electron chi connectivity index (χ2n) is 6.69. The summed E-state index contributed by atoms with van der Waals surface area (Å²) in [7, 11) is -1.52. The zero-order valence-corrected chi connectivity index (χ0v) is 17.0. The molecule has 1 aliphatic rings. The number of unbranched alkanes of at least 4 members (excludes halogenated alkanes) is 1. The predicted octanol–water partition coefficient (Wildman–Crippen LogP) is 5.32. The Kier molecular flexibility index (Phi) is 6.30. The average Bonchev–Trinajstić information content (AvgIpc) is 2.60. The van der Waals surface area contributed by atoms with Crippen LogP contribution in [0.5, 0.6) is 0 Å². The van der Waals surface area contributed by atoms with E-state index in [0.717, 1.165) is 30.5 Å². The fraction of sp³-hybridized carbons (Fsp3) is 0.368. The van der Waals surface area contributed by atoms with Crippen molar-refractivity contribution in [3.8, 4) is 0 Å². The molecular weight excluding hydrogens is 389 g/mol. The Bertz CT molecular complexity index is 822. The second-order valence-corrected chi connectivity index (χ2v) is 8.98. The Balaban J connectivity index is 2.03. The van der Waals surface area contributed by atoms with Gasteiger partial charge in [0.2, 0.25) is 0 Å². The van der Waals surface area contributed by atoms with Crippen molar-refractivity contribution in [2.75, 3.05) is 24.4 Å². The number of hydrogen-bond acceptors (Lipinski definition) is 5. The van der Waals surface area contributed by atoms with E-state index in [0.29, 0.717) is 23.8 Å². The zero-order valence-electron chi connectivity index (χ0n) is 15.5. The van der Waals surface area contributed by atoms with E-state index < -0.39 is 16.8 Å². The molecule has 1 heterocycles. The van der Waals surface area contributed by atoms with Crippen LogP contribution in [0.3, 0.4) is 0 Å². The molecule has 5 nitrogen and oxygen atoms in total. The highest BCUT2D eigenvalue weighted by molar-refractivity contribution is 8.23. The molecule has 0 saturated heterocycles. The van der Waals surface area contributed by atoms with E-state index in [9.17, 15) is 13.5 Å². The lowest BCUT2D eigenvalue weighted by atomic mass is 10.1. The largest absolute Gasteiger partial charge is 0.320 e. The van der Waals surface area contributed by atoms with E-state index in [1.807, 2.05) is 7.05 Å². The molecule has 0 atom stereocenters. The minimum absolute atomic E-state index is 0.143. The molecular formula is C19H25ClFN3O2S. The molecule has 0 fully saturated rings. The molecule has 2 aromatic rings. The fourth-order valence-electron chi connectivity index (χ4n) is 3.23. The van der Waals surface area contributed by atoms with Gasteiger partial charge in [0.05, 0.1) is 11.4 Å². The quantitative estimate of drug-likeness (QED) is 0.559. The van der Waals surface area contributed by atoms with E-state index in [2.05, 4.69) is 5.32 Å². The van der Waals surface area contributed by atoms with E-state index in [4.69, 9.17) is 11.6 Å². The van der Waals surface area contributed by atoms with Crippen molar-refractivity contribution >= 4 is 33.9 Å². The topological polar surface area (TPSA) is 59.0 Å². The van der Waals surface area contributed by atoms with Crippen LogP contribution in [0, 0.1) is 12.7 Å². The Morgan fingerprint density at radius 3 is 2.59 bits per heavy atom. The lowest BCUT2D eigenvalue weighted by molar-refractivity contribution is 0.329. The number of benzene rings is 2. The SMILES string of the molecule is CNCCCCN1Cc2cc(Cl)ccc2N(c2ccc(C)cc2F)S1(O)O. The molecule has 0 aromatic heterocycles. The summed E-state index contributed by atoms with van der Waals surface area (Å²) in [5.74, 6) is -0.493. The number of aryl methyl sites for hydroxylation is 1. The van der Waals surface area contributed by atoms with Crippen LogP contribution in [-0.4, -0.2) is 33.5 Å². The lowest BCUT2D eigenvalue weighted by Gasteiger charge is -2.54. The summed E-state index contributed by atoms with van der Waals surface area (Å²) < 4.78 is 39.8. The Morgan fingerprint density at radius 1 is 1.15 bits per heavy atom. The predicted molar refractivity (Wildman–Crippen MR) is 111 cm³/mol. The number of nitrogens with zero attached hydrogens (tertiary/aromatic N) is 2. The van der Waals surface area contributed by atoms with Crippen molar-refractivity contribution in [3.05, 3.63) is 58.4 Å². The van der Waals surface area contributed by atoms with Gasteiger partial charge in [-0.25, -0.2) is 8.70 Å². The summed E-state index contributed by atoms with van der Waals surface area (Å²) in [6.07, 6.45) is 1.70. The number of fused-ring (bicyclic) bond motifs is 1. The Morgan fingerprint density at radius 2 is 1.89 bits per heavy atom. The van der Waals surface area contributed by atoms with Gasteiger partial charge in [0.25, 0.3) is 0 Å². The van der Waals surface area contributed by atoms with Crippen molar-refractivity contribution in [2.24, 2.45) is 0 Å². The first-order valence-electron chi connectivity index (χ1n) is 8.87. The van der Waals surface area contributed by atoms with Crippen LogP contribution in [0.25, 0.3) is 0 Å². The highest BCUT2D eigenvalue weighted by Crippen LogP contribution is 2.59. The number of halogens is 2. The minimum Gasteiger partial charge on any atom is -0.320 e. The molecule has 2 aromatic carbocycles. The first kappa shape index (κ1) is 20.4. The van der Waals surface area contributed by atoms with Crippen LogP contribution in [0.2, 0.25) is 5.02 Å². The molecule has 0 amide bonds. The van der Waals surface area contributed by atoms with E-state index in [1.54, 1.807) is 41.6 Å². The lowest BCUT2D eigenvalue weighted by Crippen LogP contribution is -2.42. The van der Waals surface area contributed by atoms with Gasteiger partial charge in [-0.1, -0.05) is 17.7 Å². The maximum Gasteiger partial charge on any atom is 0.148 e. The van der Waals surface area contributed by atoms with Crippen molar-refractivity contribution in [1.82, 2.24) is 9.62 Å². The molecule has 0 bridgehead atoms. The third-order valence-electron chi connectivity index (χ3n) is 4.60. The molecule has 3 rings (SSSR count). The van der Waals surface area contributed by atoms with E-state index >= 15 is 0 Å². The van der Waals surface area contributed by atoms with Gasteiger partial charge >= 0.3 is 0 Å². The smallest absolute Gasteiger partial charge is 0.148 e. The molecule has 3 N–H and O–H groups in total. The Labute approximate surface area is 166 Å². The van der Waals surface area contributed by atoms with Crippen LogP contribution in [0.1, 0.15) is 24.0 Å². The maximum atomic E-state index is 14.7. The van der Waals surface area contributed by atoms with Crippen LogP contribution < -0.4 is 9.62 Å². The van der Waals surface area contributed by atoms with E-state index in [1.165, 1.54) is 10.4 Å². The molecule has 148 valence electrons. The normalized spacial score (nSPS) is 17.6.